The lowest BCUT2D eigenvalue weighted by molar-refractivity contribution is -0.108. The third-order valence-corrected chi connectivity index (χ3v) is 2.98. The van der Waals surface area contributed by atoms with Crippen molar-refractivity contribution in [2.75, 3.05) is 0 Å². The number of pyridine rings is 1. The molecule has 4 nitrogen and oxygen atoms in total. The molecule has 2 heterocycles. The number of aldehydes is 1. The van der Waals surface area contributed by atoms with Crippen LogP contribution in [0.25, 0.3) is 11.4 Å². The maximum atomic E-state index is 10.6. The fourth-order valence-electron chi connectivity index (χ4n) is 2.00. The fourth-order valence-corrected chi connectivity index (χ4v) is 2.00. The lowest BCUT2D eigenvalue weighted by Crippen LogP contribution is -2.04. The van der Waals surface area contributed by atoms with Gasteiger partial charge in [-0.05, 0) is 31.0 Å². The van der Waals surface area contributed by atoms with Crippen LogP contribution in [0.15, 0.2) is 30.5 Å². The molecular weight excluding hydrogens is 214 g/mol. The molecule has 1 fully saturated rings. The van der Waals surface area contributed by atoms with E-state index in [1.807, 2.05) is 18.2 Å². The minimum Gasteiger partial charge on any atom is -0.301 e. The van der Waals surface area contributed by atoms with Crippen LogP contribution in [0.5, 0.6) is 0 Å². The van der Waals surface area contributed by atoms with Crippen molar-refractivity contribution in [1.82, 2.24) is 14.8 Å². The third-order valence-electron chi connectivity index (χ3n) is 2.98. The standard InChI is InChI=1S/C13H13N3O/c17-8-7-16-13(10-4-5-10)9-12(15-16)11-3-1-2-6-14-11/h1-3,6,8-10H,4-5,7H2. The Hall–Kier alpha value is -1.97. The molecule has 1 aliphatic rings. The van der Waals surface area contributed by atoms with E-state index in [0.717, 1.165) is 23.4 Å². The highest BCUT2D eigenvalue weighted by molar-refractivity contribution is 5.56. The van der Waals surface area contributed by atoms with Gasteiger partial charge in [0.15, 0.2) is 0 Å². The molecule has 1 aliphatic carbocycles. The highest BCUT2D eigenvalue weighted by Gasteiger charge is 2.28. The Morgan fingerprint density at radius 1 is 1.35 bits per heavy atom. The first kappa shape index (κ1) is 10.2. The predicted molar refractivity (Wildman–Crippen MR) is 63.5 cm³/mol. The van der Waals surface area contributed by atoms with Crippen LogP contribution in [0.1, 0.15) is 24.5 Å². The van der Waals surface area contributed by atoms with Gasteiger partial charge in [0.1, 0.15) is 12.0 Å². The van der Waals surface area contributed by atoms with Gasteiger partial charge >= 0.3 is 0 Å². The van der Waals surface area contributed by atoms with Gasteiger partial charge in [-0.15, -0.1) is 0 Å². The average Bonchev–Trinajstić information content (AvgIpc) is 3.13. The summed E-state index contributed by atoms with van der Waals surface area (Å²) in [5, 5.41) is 4.45. The molecule has 0 bridgehead atoms. The van der Waals surface area contributed by atoms with E-state index in [4.69, 9.17) is 0 Å². The molecule has 2 aromatic rings. The summed E-state index contributed by atoms with van der Waals surface area (Å²) in [6.07, 6.45) is 5.05. The van der Waals surface area contributed by atoms with Crippen molar-refractivity contribution in [3.05, 3.63) is 36.2 Å². The summed E-state index contributed by atoms with van der Waals surface area (Å²) >= 11 is 0. The second kappa shape index (κ2) is 4.13. The van der Waals surface area contributed by atoms with Crippen molar-refractivity contribution in [2.24, 2.45) is 0 Å². The van der Waals surface area contributed by atoms with E-state index in [0.29, 0.717) is 12.5 Å². The molecule has 86 valence electrons. The zero-order valence-electron chi connectivity index (χ0n) is 9.41. The molecule has 0 saturated heterocycles. The molecule has 0 aliphatic heterocycles. The highest BCUT2D eigenvalue weighted by Crippen LogP contribution is 2.41. The molecular formula is C13H13N3O. The number of hydrogen-bond acceptors (Lipinski definition) is 3. The Morgan fingerprint density at radius 3 is 2.88 bits per heavy atom. The van der Waals surface area contributed by atoms with Gasteiger partial charge in [0, 0.05) is 17.8 Å². The third kappa shape index (κ3) is 1.98. The van der Waals surface area contributed by atoms with Crippen LogP contribution in [-0.2, 0) is 11.3 Å². The second-order valence-electron chi connectivity index (χ2n) is 4.29. The van der Waals surface area contributed by atoms with Gasteiger partial charge in [-0.3, -0.25) is 9.67 Å². The largest absolute Gasteiger partial charge is 0.301 e. The van der Waals surface area contributed by atoms with Crippen LogP contribution in [0.3, 0.4) is 0 Å². The summed E-state index contributed by atoms with van der Waals surface area (Å²) < 4.78 is 1.80. The minimum atomic E-state index is 0.332. The quantitative estimate of drug-likeness (QED) is 0.751. The topological polar surface area (TPSA) is 47.8 Å². The molecule has 17 heavy (non-hydrogen) atoms. The molecule has 0 atom stereocenters. The normalized spacial score (nSPS) is 14.8. The summed E-state index contributed by atoms with van der Waals surface area (Å²) in [4.78, 5) is 14.9. The van der Waals surface area contributed by atoms with Crippen LogP contribution in [0.4, 0.5) is 0 Å². The Balaban J connectivity index is 2.00. The van der Waals surface area contributed by atoms with E-state index in [1.54, 1.807) is 10.9 Å². The van der Waals surface area contributed by atoms with Gasteiger partial charge in [0.25, 0.3) is 0 Å². The molecule has 0 aromatic carbocycles. The number of hydrogen-bond donors (Lipinski definition) is 0. The molecule has 0 unspecified atom stereocenters. The van der Waals surface area contributed by atoms with Crippen molar-refractivity contribution in [1.29, 1.82) is 0 Å². The van der Waals surface area contributed by atoms with Crippen LogP contribution >= 0.6 is 0 Å². The molecule has 0 radical (unpaired) electrons. The van der Waals surface area contributed by atoms with Gasteiger partial charge < -0.3 is 4.79 Å². The molecule has 0 N–H and O–H groups in total. The van der Waals surface area contributed by atoms with Gasteiger partial charge in [-0.2, -0.15) is 5.10 Å². The fraction of sp³-hybridized carbons (Fsp3) is 0.308. The van der Waals surface area contributed by atoms with Gasteiger partial charge in [0.2, 0.25) is 0 Å². The van der Waals surface area contributed by atoms with E-state index in [2.05, 4.69) is 16.1 Å². The lowest BCUT2D eigenvalue weighted by Gasteiger charge is -1.99. The molecule has 3 rings (SSSR count). The van der Waals surface area contributed by atoms with Crippen LogP contribution in [0, 0.1) is 0 Å². The van der Waals surface area contributed by atoms with E-state index in [9.17, 15) is 4.79 Å². The van der Waals surface area contributed by atoms with Crippen LogP contribution in [-0.4, -0.2) is 21.1 Å². The maximum Gasteiger partial charge on any atom is 0.141 e. The Kier molecular flexibility index (Phi) is 2.48. The molecule has 0 spiro atoms. The Bertz CT molecular complexity index is 529. The highest BCUT2D eigenvalue weighted by atomic mass is 16.1. The first-order valence-corrected chi connectivity index (χ1v) is 5.81. The van der Waals surface area contributed by atoms with Crippen molar-refractivity contribution in [2.45, 2.75) is 25.3 Å². The number of nitrogens with zero attached hydrogens (tertiary/aromatic N) is 3. The number of carbonyl (C=O) groups excluding carboxylic acids is 1. The van der Waals surface area contributed by atoms with Crippen LogP contribution < -0.4 is 0 Å². The first-order chi connectivity index (χ1) is 8.38. The summed E-state index contributed by atoms with van der Waals surface area (Å²) in [6.45, 7) is 0.332. The van der Waals surface area contributed by atoms with E-state index >= 15 is 0 Å². The summed E-state index contributed by atoms with van der Waals surface area (Å²) in [5.74, 6) is 0.583. The summed E-state index contributed by atoms with van der Waals surface area (Å²) in [7, 11) is 0. The van der Waals surface area contributed by atoms with E-state index in [1.165, 1.54) is 12.8 Å². The summed E-state index contributed by atoms with van der Waals surface area (Å²) in [5.41, 5.74) is 2.88. The maximum absolute atomic E-state index is 10.6. The van der Waals surface area contributed by atoms with Gasteiger partial charge in [0.05, 0.1) is 12.2 Å². The zero-order chi connectivity index (χ0) is 11.7. The molecule has 2 aromatic heterocycles. The minimum absolute atomic E-state index is 0.332. The van der Waals surface area contributed by atoms with Crippen molar-refractivity contribution < 1.29 is 4.79 Å². The zero-order valence-corrected chi connectivity index (χ0v) is 9.41. The van der Waals surface area contributed by atoms with Crippen molar-refractivity contribution >= 4 is 6.29 Å². The average molecular weight is 227 g/mol. The van der Waals surface area contributed by atoms with Gasteiger partial charge in [-0.25, -0.2) is 0 Å². The number of rotatable bonds is 4. The molecule has 4 heteroatoms. The summed E-state index contributed by atoms with van der Waals surface area (Å²) in [6, 6.07) is 7.82. The monoisotopic (exact) mass is 227 g/mol. The SMILES string of the molecule is O=CCn1nc(-c2ccccn2)cc1C1CC1. The van der Waals surface area contributed by atoms with Crippen LogP contribution in [0.2, 0.25) is 0 Å². The number of carbonyl (C=O) groups is 1. The van der Waals surface area contributed by atoms with E-state index < -0.39 is 0 Å². The first-order valence-electron chi connectivity index (χ1n) is 5.81. The van der Waals surface area contributed by atoms with Crippen molar-refractivity contribution in [3.63, 3.8) is 0 Å². The van der Waals surface area contributed by atoms with E-state index in [-0.39, 0.29) is 0 Å². The number of aromatic nitrogens is 3. The smallest absolute Gasteiger partial charge is 0.141 e. The molecule has 1 saturated carbocycles. The van der Waals surface area contributed by atoms with Crippen molar-refractivity contribution in [3.8, 4) is 11.4 Å². The second-order valence-corrected chi connectivity index (χ2v) is 4.29. The predicted octanol–water partition coefficient (Wildman–Crippen LogP) is 2.02. The Labute approximate surface area is 99.3 Å². The molecule has 0 amide bonds. The lowest BCUT2D eigenvalue weighted by atomic mass is 10.2. The van der Waals surface area contributed by atoms with Gasteiger partial charge in [-0.1, -0.05) is 6.07 Å². The Morgan fingerprint density at radius 2 is 2.24 bits per heavy atom.